The molecule has 1 fully saturated rings. The van der Waals surface area contributed by atoms with Gasteiger partial charge in [0.05, 0.1) is 28.1 Å². The van der Waals surface area contributed by atoms with Crippen LogP contribution in [0.25, 0.3) is 11.0 Å². The fourth-order valence-corrected chi connectivity index (χ4v) is 5.64. The molecule has 0 saturated carbocycles. The number of aromatic nitrogens is 2. The molecule has 8 nitrogen and oxygen atoms in total. The van der Waals surface area contributed by atoms with Crippen LogP contribution in [0.3, 0.4) is 0 Å². The first-order chi connectivity index (χ1) is 15.3. The summed E-state index contributed by atoms with van der Waals surface area (Å²) >= 11 is 0. The van der Waals surface area contributed by atoms with Crippen LogP contribution in [-0.4, -0.2) is 53.5 Å². The van der Waals surface area contributed by atoms with E-state index < -0.39 is 10.0 Å². The molecule has 4 rings (SSSR count). The first-order valence-electron chi connectivity index (χ1n) is 10.8. The number of rotatable bonds is 6. The molecule has 1 aliphatic heterocycles. The lowest BCUT2D eigenvalue weighted by molar-refractivity contribution is -0.0440. The van der Waals surface area contributed by atoms with Gasteiger partial charge in [-0.15, -0.1) is 0 Å². The Kier molecular flexibility index (Phi) is 6.32. The molecule has 170 valence electrons. The number of aryl methyl sites for hydroxylation is 1. The Morgan fingerprint density at radius 1 is 1.09 bits per heavy atom. The third-order valence-electron chi connectivity index (χ3n) is 5.47. The van der Waals surface area contributed by atoms with Crippen molar-refractivity contribution in [1.29, 1.82) is 0 Å². The highest BCUT2D eigenvalue weighted by Crippen LogP contribution is 2.23. The minimum absolute atomic E-state index is 0.161. The molecule has 9 heteroatoms. The van der Waals surface area contributed by atoms with Gasteiger partial charge in [0.15, 0.2) is 0 Å². The van der Waals surface area contributed by atoms with E-state index in [9.17, 15) is 13.2 Å². The zero-order valence-electron chi connectivity index (χ0n) is 18.5. The van der Waals surface area contributed by atoms with E-state index in [-0.39, 0.29) is 23.0 Å². The third-order valence-corrected chi connectivity index (χ3v) is 7.31. The number of amides is 1. The van der Waals surface area contributed by atoms with Gasteiger partial charge in [-0.2, -0.15) is 4.31 Å². The Hall–Kier alpha value is -2.75. The maximum Gasteiger partial charge on any atom is 0.257 e. The lowest BCUT2D eigenvalue weighted by Gasteiger charge is -2.34. The quantitative estimate of drug-likeness (QED) is 0.613. The average molecular weight is 457 g/mol. The lowest BCUT2D eigenvalue weighted by atomic mass is 10.2. The van der Waals surface area contributed by atoms with Crippen LogP contribution < -0.4 is 5.32 Å². The first kappa shape index (κ1) is 22.4. The van der Waals surface area contributed by atoms with Gasteiger partial charge in [-0.25, -0.2) is 13.4 Å². The molecule has 1 saturated heterocycles. The first-order valence-corrected chi connectivity index (χ1v) is 12.3. The molecule has 2 atom stereocenters. The van der Waals surface area contributed by atoms with Gasteiger partial charge in [0.1, 0.15) is 0 Å². The molecule has 0 radical (unpaired) electrons. The number of para-hydroxylation sites is 2. The van der Waals surface area contributed by atoms with Crippen LogP contribution in [-0.2, 0) is 21.3 Å². The number of hydrogen-bond donors (Lipinski definition) is 1. The molecule has 32 heavy (non-hydrogen) atoms. The minimum Gasteiger partial charge on any atom is -0.373 e. The number of benzene rings is 2. The van der Waals surface area contributed by atoms with Gasteiger partial charge in [0.2, 0.25) is 16.0 Å². The van der Waals surface area contributed by atoms with Crippen LogP contribution in [0.1, 0.15) is 37.6 Å². The largest absolute Gasteiger partial charge is 0.373 e. The van der Waals surface area contributed by atoms with Crippen molar-refractivity contribution < 1.29 is 17.9 Å². The lowest BCUT2D eigenvalue weighted by Crippen LogP contribution is -2.48. The van der Waals surface area contributed by atoms with E-state index >= 15 is 0 Å². The van der Waals surface area contributed by atoms with E-state index in [1.807, 2.05) is 42.7 Å². The van der Waals surface area contributed by atoms with Gasteiger partial charge in [0.25, 0.3) is 5.91 Å². The SMILES string of the molecule is CCCn1c(NC(=O)c2ccc(S(=O)(=O)N3C[C@@H](C)O[C@@H](C)C3)cc2)nc2ccccc21. The normalized spacial score (nSPS) is 19.8. The van der Waals surface area contributed by atoms with Gasteiger partial charge in [-0.1, -0.05) is 19.1 Å². The van der Waals surface area contributed by atoms with Crippen molar-refractivity contribution in [2.24, 2.45) is 0 Å². The van der Waals surface area contributed by atoms with E-state index in [4.69, 9.17) is 4.74 Å². The minimum atomic E-state index is -3.66. The number of imidazole rings is 1. The summed E-state index contributed by atoms with van der Waals surface area (Å²) in [6, 6.07) is 13.7. The van der Waals surface area contributed by atoms with Gasteiger partial charge >= 0.3 is 0 Å². The average Bonchev–Trinajstić information content (AvgIpc) is 3.10. The number of hydrogen-bond acceptors (Lipinski definition) is 5. The molecular formula is C23H28N4O4S. The Bertz CT molecular complexity index is 1210. The summed E-state index contributed by atoms with van der Waals surface area (Å²) < 4.78 is 35.1. The number of morpholine rings is 1. The molecular weight excluding hydrogens is 428 g/mol. The van der Waals surface area contributed by atoms with Crippen LogP contribution in [0.4, 0.5) is 5.95 Å². The topological polar surface area (TPSA) is 93.5 Å². The number of nitrogens with one attached hydrogen (secondary N) is 1. The zero-order valence-corrected chi connectivity index (χ0v) is 19.3. The number of sulfonamides is 1. The fourth-order valence-electron chi connectivity index (χ4n) is 4.05. The van der Waals surface area contributed by atoms with E-state index in [1.165, 1.54) is 28.6 Å². The predicted octanol–water partition coefficient (Wildman–Crippen LogP) is 3.50. The summed E-state index contributed by atoms with van der Waals surface area (Å²) in [5.74, 6) is 0.140. The number of anilines is 1. The smallest absolute Gasteiger partial charge is 0.257 e. The van der Waals surface area contributed by atoms with Crippen molar-refractivity contribution >= 4 is 32.9 Å². The monoisotopic (exact) mass is 456 g/mol. The van der Waals surface area contributed by atoms with Crippen molar-refractivity contribution in [3.8, 4) is 0 Å². The number of carbonyl (C=O) groups is 1. The second kappa shape index (κ2) is 9.01. The van der Waals surface area contributed by atoms with Crippen molar-refractivity contribution in [3.05, 3.63) is 54.1 Å². The second-order valence-corrected chi connectivity index (χ2v) is 10.1. The molecule has 1 N–H and O–H groups in total. The molecule has 2 aromatic carbocycles. The Labute approximate surface area is 188 Å². The highest BCUT2D eigenvalue weighted by atomic mass is 32.2. The summed E-state index contributed by atoms with van der Waals surface area (Å²) in [5, 5.41) is 2.87. The number of nitrogens with zero attached hydrogens (tertiary/aromatic N) is 3. The summed E-state index contributed by atoms with van der Waals surface area (Å²) in [7, 11) is -3.66. The Morgan fingerprint density at radius 3 is 2.41 bits per heavy atom. The molecule has 1 aliphatic rings. The summed E-state index contributed by atoms with van der Waals surface area (Å²) in [6.45, 7) is 7.12. The van der Waals surface area contributed by atoms with Crippen molar-refractivity contribution in [2.75, 3.05) is 18.4 Å². The Balaban J connectivity index is 1.54. The maximum absolute atomic E-state index is 13.0. The van der Waals surface area contributed by atoms with Crippen molar-refractivity contribution in [1.82, 2.24) is 13.9 Å². The molecule has 0 bridgehead atoms. The van der Waals surface area contributed by atoms with Crippen LogP contribution in [0.15, 0.2) is 53.4 Å². The van der Waals surface area contributed by atoms with Crippen LogP contribution >= 0.6 is 0 Å². The van der Waals surface area contributed by atoms with Crippen LogP contribution in [0.2, 0.25) is 0 Å². The maximum atomic E-state index is 13.0. The van der Waals surface area contributed by atoms with Crippen LogP contribution in [0, 0.1) is 0 Å². The van der Waals surface area contributed by atoms with Gasteiger partial charge in [0, 0.05) is 25.2 Å². The molecule has 0 spiro atoms. The highest BCUT2D eigenvalue weighted by Gasteiger charge is 2.32. The van der Waals surface area contributed by atoms with E-state index in [1.54, 1.807) is 0 Å². The standard InChI is InChI=1S/C23H28N4O4S/c1-4-13-27-21-8-6-5-7-20(21)24-23(27)25-22(28)18-9-11-19(12-10-18)32(29,30)26-14-16(2)31-17(3)15-26/h5-12,16-17H,4,13-15H2,1-3H3,(H,24,25,28)/t16-,17+. The number of ether oxygens (including phenoxy) is 1. The molecule has 1 aromatic heterocycles. The predicted molar refractivity (Wildman–Crippen MR) is 123 cm³/mol. The van der Waals surface area contributed by atoms with Crippen LogP contribution in [0.5, 0.6) is 0 Å². The zero-order chi connectivity index (χ0) is 22.9. The fraction of sp³-hybridized carbons (Fsp3) is 0.391. The summed E-state index contributed by atoms with van der Waals surface area (Å²) in [4.78, 5) is 17.6. The second-order valence-electron chi connectivity index (χ2n) is 8.13. The molecule has 1 amide bonds. The highest BCUT2D eigenvalue weighted by molar-refractivity contribution is 7.89. The van der Waals surface area contributed by atoms with Gasteiger partial charge in [-0.05, 0) is 56.7 Å². The van der Waals surface area contributed by atoms with Gasteiger partial charge < -0.3 is 9.30 Å². The van der Waals surface area contributed by atoms with Crippen molar-refractivity contribution in [2.45, 2.75) is 50.8 Å². The number of carbonyl (C=O) groups excluding carboxylic acids is 1. The molecule has 3 aromatic rings. The van der Waals surface area contributed by atoms with E-state index in [0.717, 1.165) is 24.0 Å². The van der Waals surface area contributed by atoms with E-state index in [0.29, 0.717) is 24.6 Å². The van der Waals surface area contributed by atoms with Gasteiger partial charge in [-0.3, -0.25) is 10.1 Å². The van der Waals surface area contributed by atoms with Crippen molar-refractivity contribution in [3.63, 3.8) is 0 Å². The van der Waals surface area contributed by atoms with E-state index in [2.05, 4.69) is 17.2 Å². The summed E-state index contributed by atoms with van der Waals surface area (Å²) in [5.41, 5.74) is 2.13. The number of fused-ring (bicyclic) bond motifs is 1. The molecule has 2 heterocycles. The summed E-state index contributed by atoms with van der Waals surface area (Å²) in [6.07, 6.45) is 0.566. The molecule has 0 aliphatic carbocycles. The molecule has 0 unspecified atom stereocenters. The Morgan fingerprint density at radius 2 is 1.75 bits per heavy atom. The third kappa shape index (κ3) is 4.41.